The number of carbonyl (C=O) groups excluding carboxylic acids is 4. The predicted octanol–water partition coefficient (Wildman–Crippen LogP) is 8.81. The molecule has 2 aliphatic heterocycles. The number of hydrogen-bond donors (Lipinski definition) is 0. The molecule has 19 heteroatoms. The average molecular weight is 1000 g/mol. The third-order valence-corrected chi connectivity index (χ3v) is 13.9. The summed E-state index contributed by atoms with van der Waals surface area (Å²) in [6.07, 6.45) is 14.5. The Kier molecular flexibility index (Phi) is 15.9. The lowest BCUT2D eigenvalue weighted by molar-refractivity contribution is -0.387. The van der Waals surface area contributed by atoms with Crippen LogP contribution in [0.1, 0.15) is 82.8 Å². The molecule has 4 amide bonds. The van der Waals surface area contributed by atoms with E-state index >= 15 is 0 Å². The molecular weight excluding hydrogens is 949 g/mol. The molecule has 0 saturated carbocycles. The van der Waals surface area contributed by atoms with Gasteiger partial charge in [0.15, 0.2) is 0 Å². The van der Waals surface area contributed by atoms with Crippen molar-refractivity contribution in [2.75, 3.05) is 52.4 Å². The van der Waals surface area contributed by atoms with E-state index in [1.165, 1.54) is 49.3 Å². The lowest BCUT2D eigenvalue weighted by Crippen LogP contribution is -2.50. The van der Waals surface area contributed by atoms with Crippen LogP contribution in [0.15, 0.2) is 132 Å². The lowest BCUT2D eigenvalue weighted by atomic mass is 9.89. The van der Waals surface area contributed by atoms with Gasteiger partial charge in [-0.25, -0.2) is 9.97 Å². The zero-order valence-electron chi connectivity index (χ0n) is 40.7. The van der Waals surface area contributed by atoms with Crippen LogP contribution in [0.2, 0.25) is 0 Å². The minimum atomic E-state index is -0.490. The van der Waals surface area contributed by atoms with E-state index in [2.05, 4.69) is 19.9 Å². The van der Waals surface area contributed by atoms with E-state index in [-0.39, 0.29) is 132 Å². The second kappa shape index (κ2) is 22.7. The number of hydrogen-bond acceptors (Lipinski definition) is 13. The molecule has 2 aliphatic rings. The first-order valence-electron chi connectivity index (χ1n) is 23.8. The van der Waals surface area contributed by atoms with Crippen molar-refractivity contribution in [2.45, 2.75) is 49.3 Å². The maximum atomic E-state index is 13.7. The Bertz CT molecular complexity index is 2930. The zero-order valence-corrected chi connectivity index (χ0v) is 41.5. The molecule has 2 aromatic heterocycles. The van der Waals surface area contributed by atoms with E-state index in [9.17, 15) is 39.4 Å². The first-order chi connectivity index (χ1) is 35.2. The maximum absolute atomic E-state index is 13.7. The minimum Gasteiger partial charge on any atom is -0.336 e. The Labute approximate surface area is 425 Å². The summed E-state index contributed by atoms with van der Waals surface area (Å²) in [6, 6.07) is 21.1. The molecule has 0 spiro atoms. The van der Waals surface area contributed by atoms with Crippen LogP contribution in [0.4, 0.5) is 11.4 Å². The van der Waals surface area contributed by atoms with Crippen LogP contribution in [0.25, 0.3) is 34.4 Å². The molecule has 0 aliphatic carbocycles. The fourth-order valence-corrected chi connectivity index (χ4v) is 10.1. The molecule has 2 fully saturated rings. The van der Waals surface area contributed by atoms with E-state index < -0.39 is 9.85 Å². The number of benzene rings is 4. The minimum absolute atomic E-state index is 0.0626. The maximum Gasteiger partial charge on any atom is 0.291 e. The van der Waals surface area contributed by atoms with E-state index in [0.29, 0.717) is 22.3 Å². The number of nitrogens with zero attached hydrogens (tertiary/aromatic N) is 10. The summed E-state index contributed by atoms with van der Waals surface area (Å²) in [7, 11) is 0. The van der Waals surface area contributed by atoms with Crippen LogP contribution in [0.5, 0.6) is 0 Å². The summed E-state index contributed by atoms with van der Waals surface area (Å²) < 4.78 is 0. The molecule has 0 bridgehead atoms. The number of piperazine rings is 2. The largest absolute Gasteiger partial charge is 0.336 e. The Morgan fingerprint density at radius 1 is 0.534 bits per heavy atom. The number of aromatic nitrogens is 4. The molecule has 0 radical (unpaired) electrons. The van der Waals surface area contributed by atoms with Gasteiger partial charge in [0.05, 0.1) is 43.2 Å². The number of nitro groups is 2. The third kappa shape index (κ3) is 11.4. The van der Waals surface area contributed by atoms with Crippen LogP contribution in [-0.2, 0) is 9.59 Å². The summed E-state index contributed by atoms with van der Waals surface area (Å²) >= 11 is 0.894. The molecule has 4 heterocycles. The SMILES string of the molecule is CC(C)c1ccccc1-c1c(/C=C/C(=O)N2CCN(C(=O)c3cnccn3)CC2)ccc(Sc2ccc(/C=C/C(=O)N3CCN(C(=O)c4cnccn4)CC3)c(-c3ccccc3C(C)C)c2[N+](=O)[O-])c1[N+](=O)[O-]. The Balaban J connectivity index is 1.14. The summed E-state index contributed by atoms with van der Waals surface area (Å²) in [5.41, 5.74) is 3.87. The highest BCUT2D eigenvalue weighted by atomic mass is 32.2. The van der Waals surface area contributed by atoms with Crippen molar-refractivity contribution in [2.24, 2.45) is 0 Å². The quantitative estimate of drug-likeness (QED) is 0.0566. The lowest BCUT2D eigenvalue weighted by Gasteiger charge is -2.34. The number of carbonyl (C=O) groups is 4. The van der Waals surface area contributed by atoms with E-state index in [0.717, 1.165) is 22.9 Å². The molecule has 4 aromatic carbocycles. The van der Waals surface area contributed by atoms with Gasteiger partial charge in [-0.1, -0.05) is 100 Å². The Morgan fingerprint density at radius 3 is 1.25 bits per heavy atom. The van der Waals surface area contributed by atoms with Gasteiger partial charge in [0.1, 0.15) is 11.4 Å². The van der Waals surface area contributed by atoms with Crippen LogP contribution in [0.3, 0.4) is 0 Å². The highest BCUT2D eigenvalue weighted by Crippen LogP contribution is 2.50. The molecule has 372 valence electrons. The third-order valence-electron chi connectivity index (χ3n) is 12.8. The number of nitro benzene ring substituents is 2. The summed E-state index contributed by atoms with van der Waals surface area (Å²) in [5.74, 6) is -1.38. The predicted molar refractivity (Wildman–Crippen MR) is 276 cm³/mol. The van der Waals surface area contributed by atoms with Crippen molar-refractivity contribution in [1.29, 1.82) is 0 Å². The van der Waals surface area contributed by atoms with Crippen molar-refractivity contribution < 1.29 is 29.0 Å². The van der Waals surface area contributed by atoms with Gasteiger partial charge in [0.2, 0.25) is 11.8 Å². The summed E-state index contributed by atoms with van der Waals surface area (Å²) in [6.45, 7) is 10.1. The van der Waals surface area contributed by atoms with Gasteiger partial charge in [-0.2, -0.15) is 0 Å². The highest BCUT2D eigenvalue weighted by molar-refractivity contribution is 7.99. The van der Waals surface area contributed by atoms with Gasteiger partial charge in [0.25, 0.3) is 23.2 Å². The van der Waals surface area contributed by atoms with Crippen molar-refractivity contribution in [3.05, 3.63) is 176 Å². The van der Waals surface area contributed by atoms with Gasteiger partial charge in [0, 0.05) is 89.3 Å². The fourth-order valence-electron chi connectivity index (χ4n) is 9.06. The van der Waals surface area contributed by atoms with E-state index in [1.54, 1.807) is 80.3 Å². The van der Waals surface area contributed by atoms with Crippen LogP contribution in [0, 0.1) is 20.2 Å². The van der Waals surface area contributed by atoms with Crippen LogP contribution >= 0.6 is 11.8 Å². The molecular formula is C54H52N10O8S. The first-order valence-corrected chi connectivity index (χ1v) is 24.6. The van der Waals surface area contributed by atoms with Crippen molar-refractivity contribution >= 4 is 58.9 Å². The van der Waals surface area contributed by atoms with Crippen molar-refractivity contribution in [3.63, 3.8) is 0 Å². The molecule has 0 N–H and O–H groups in total. The fraction of sp³-hybridized carbons (Fsp3) is 0.259. The zero-order chi connectivity index (χ0) is 51.8. The molecule has 18 nitrogen and oxygen atoms in total. The van der Waals surface area contributed by atoms with Gasteiger partial charge in [-0.3, -0.25) is 49.4 Å². The van der Waals surface area contributed by atoms with Crippen LogP contribution < -0.4 is 0 Å². The Hall–Kier alpha value is -8.45. The monoisotopic (exact) mass is 1000 g/mol. The topological polar surface area (TPSA) is 219 Å². The Morgan fingerprint density at radius 2 is 0.904 bits per heavy atom. The van der Waals surface area contributed by atoms with E-state index in [1.807, 2.05) is 52.0 Å². The normalized spacial score (nSPS) is 14.1. The summed E-state index contributed by atoms with van der Waals surface area (Å²) in [5, 5.41) is 27.1. The summed E-state index contributed by atoms with van der Waals surface area (Å²) in [4.78, 5) is 102. The molecule has 0 unspecified atom stereocenters. The van der Waals surface area contributed by atoms with Crippen molar-refractivity contribution in [3.8, 4) is 22.3 Å². The first kappa shape index (κ1) is 50.9. The molecule has 73 heavy (non-hydrogen) atoms. The molecule has 2 saturated heterocycles. The highest BCUT2D eigenvalue weighted by Gasteiger charge is 2.32. The number of rotatable bonds is 14. The molecule has 8 rings (SSSR count). The van der Waals surface area contributed by atoms with Gasteiger partial charge in [-0.05, 0) is 69.5 Å². The standard InChI is InChI=1S/C54H52N10O8S/c1-35(2)39-9-5-7-11-41(39)49-37(15-19-47(65)59-25-29-61(30-26-59)53(67)43-33-55-21-23-57-43)13-17-45(51(49)63(69)70)73-46-18-14-38(50(52(46)64(71)72)42-12-8-6-10-40(42)36(3)4)16-20-48(66)60-27-31-62(32-28-60)54(68)44-34-56-22-24-58-44/h5-24,33-36H,25-32H2,1-4H3/b19-15+,20-16+. The van der Waals surface area contributed by atoms with Gasteiger partial charge >= 0.3 is 0 Å². The van der Waals surface area contributed by atoms with Crippen molar-refractivity contribution in [1.82, 2.24) is 39.5 Å². The van der Waals surface area contributed by atoms with Gasteiger partial charge < -0.3 is 19.6 Å². The van der Waals surface area contributed by atoms with Crippen LogP contribution in [-0.4, -0.2) is 125 Å². The smallest absolute Gasteiger partial charge is 0.291 e. The number of amides is 4. The molecule has 6 aromatic rings. The second-order valence-corrected chi connectivity index (χ2v) is 19.0. The molecule has 0 atom stereocenters. The second-order valence-electron chi connectivity index (χ2n) is 17.9. The average Bonchev–Trinajstić information content (AvgIpc) is 3.41. The van der Waals surface area contributed by atoms with E-state index in [4.69, 9.17) is 0 Å². The van der Waals surface area contributed by atoms with Gasteiger partial charge in [-0.15, -0.1) is 0 Å².